The van der Waals surface area contributed by atoms with Crippen LogP contribution in [0.2, 0.25) is 0 Å². The van der Waals surface area contributed by atoms with Crippen LogP contribution in [-0.4, -0.2) is 50.8 Å². The van der Waals surface area contributed by atoms with Crippen LogP contribution in [0.3, 0.4) is 0 Å². The van der Waals surface area contributed by atoms with Gasteiger partial charge in [0.05, 0.1) is 0 Å². The van der Waals surface area contributed by atoms with E-state index in [1.807, 2.05) is 13.1 Å². The van der Waals surface area contributed by atoms with Crippen molar-refractivity contribution in [3.63, 3.8) is 0 Å². The predicted octanol–water partition coefficient (Wildman–Crippen LogP) is 3.04. The second-order valence-electron chi connectivity index (χ2n) is 8.48. The van der Waals surface area contributed by atoms with Crippen molar-refractivity contribution in [3.05, 3.63) is 23.8 Å². The van der Waals surface area contributed by atoms with Crippen LogP contribution in [0.4, 0.5) is 0 Å². The minimum atomic E-state index is -0.0407. The lowest BCUT2D eigenvalue weighted by molar-refractivity contribution is 0.171. The highest BCUT2D eigenvalue weighted by molar-refractivity contribution is 5.80. The molecule has 0 radical (unpaired) electrons. The van der Waals surface area contributed by atoms with E-state index < -0.39 is 0 Å². The molecule has 2 aliphatic heterocycles. The van der Waals surface area contributed by atoms with Crippen molar-refractivity contribution in [1.29, 1.82) is 0 Å². The average Bonchev–Trinajstić information content (AvgIpc) is 2.94. The van der Waals surface area contributed by atoms with Gasteiger partial charge in [-0.25, -0.2) is 0 Å². The zero-order valence-corrected chi connectivity index (χ0v) is 16.2. The van der Waals surface area contributed by atoms with Crippen LogP contribution in [0.5, 0.6) is 11.5 Å². The van der Waals surface area contributed by atoms with Crippen molar-refractivity contribution in [3.8, 4) is 11.5 Å². The molecule has 3 rings (SSSR count). The van der Waals surface area contributed by atoms with Crippen LogP contribution in [0, 0.1) is 5.41 Å². The molecule has 1 aromatic carbocycles. The van der Waals surface area contributed by atoms with Gasteiger partial charge >= 0.3 is 0 Å². The SMILES string of the molecule is CN=C(NCC(C)(C)c1ccc2c(c1)OCCO2)N1CCC(C)(C)C1. The molecule has 1 aromatic rings. The summed E-state index contributed by atoms with van der Waals surface area (Å²) in [5.74, 6) is 2.69. The largest absolute Gasteiger partial charge is 0.486 e. The van der Waals surface area contributed by atoms with Gasteiger partial charge in [0, 0.05) is 32.1 Å². The van der Waals surface area contributed by atoms with E-state index in [2.05, 4.69) is 55.0 Å². The van der Waals surface area contributed by atoms with Crippen LogP contribution in [0.15, 0.2) is 23.2 Å². The van der Waals surface area contributed by atoms with Crippen LogP contribution in [-0.2, 0) is 5.41 Å². The summed E-state index contributed by atoms with van der Waals surface area (Å²) < 4.78 is 11.4. The number of ether oxygens (including phenoxy) is 2. The number of likely N-dealkylation sites (tertiary alicyclic amines) is 1. The van der Waals surface area contributed by atoms with Crippen molar-refractivity contribution in [2.45, 2.75) is 39.5 Å². The Labute approximate surface area is 151 Å². The second-order valence-corrected chi connectivity index (χ2v) is 8.48. The summed E-state index contributed by atoms with van der Waals surface area (Å²) in [7, 11) is 1.87. The fourth-order valence-corrected chi connectivity index (χ4v) is 3.49. The number of rotatable bonds is 3. The maximum Gasteiger partial charge on any atom is 0.193 e. The third-order valence-electron chi connectivity index (χ3n) is 5.20. The molecule has 0 bridgehead atoms. The first-order valence-corrected chi connectivity index (χ1v) is 9.16. The summed E-state index contributed by atoms with van der Waals surface area (Å²) in [5.41, 5.74) is 1.56. The zero-order valence-electron chi connectivity index (χ0n) is 16.2. The van der Waals surface area contributed by atoms with E-state index in [9.17, 15) is 0 Å². The lowest BCUT2D eigenvalue weighted by atomic mass is 9.84. The van der Waals surface area contributed by atoms with E-state index in [0.717, 1.165) is 37.1 Å². The standard InChI is InChI=1S/C20H31N3O2/c1-19(2)8-9-23(14-19)18(21-5)22-13-20(3,4)15-6-7-16-17(12-15)25-11-10-24-16/h6-7,12H,8-11,13-14H2,1-5H3,(H,21,22). The lowest BCUT2D eigenvalue weighted by Crippen LogP contribution is -2.45. The number of aliphatic imine (C=N–C) groups is 1. The quantitative estimate of drug-likeness (QED) is 0.676. The fraction of sp³-hybridized carbons (Fsp3) is 0.650. The minimum absolute atomic E-state index is 0.0407. The Morgan fingerprint density at radius 2 is 1.96 bits per heavy atom. The van der Waals surface area contributed by atoms with Crippen LogP contribution < -0.4 is 14.8 Å². The maximum absolute atomic E-state index is 5.73. The van der Waals surface area contributed by atoms with Gasteiger partial charge < -0.3 is 19.7 Å². The number of nitrogens with one attached hydrogen (secondary N) is 1. The van der Waals surface area contributed by atoms with Crippen molar-refractivity contribution >= 4 is 5.96 Å². The number of benzene rings is 1. The highest BCUT2D eigenvalue weighted by Crippen LogP contribution is 2.35. The number of hydrogen-bond donors (Lipinski definition) is 1. The van der Waals surface area contributed by atoms with Crippen LogP contribution in [0.1, 0.15) is 39.7 Å². The number of nitrogens with zero attached hydrogens (tertiary/aromatic N) is 2. The Bertz CT molecular complexity index is 652. The molecule has 5 nitrogen and oxygen atoms in total. The molecule has 1 fully saturated rings. The summed E-state index contributed by atoms with van der Waals surface area (Å²) in [4.78, 5) is 6.85. The molecular formula is C20H31N3O2. The second kappa shape index (κ2) is 6.77. The van der Waals surface area contributed by atoms with Crippen LogP contribution >= 0.6 is 0 Å². The minimum Gasteiger partial charge on any atom is -0.486 e. The molecule has 2 heterocycles. The third kappa shape index (κ3) is 4.02. The molecule has 0 aliphatic carbocycles. The molecule has 138 valence electrons. The molecule has 25 heavy (non-hydrogen) atoms. The molecule has 0 spiro atoms. The summed E-state index contributed by atoms with van der Waals surface area (Å²) in [6.07, 6.45) is 1.21. The van der Waals surface area contributed by atoms with E-state index in [4.69, 9.17) is 9.47 Å². The lowest BCUT2D eigenvalue weighted by Gasteiger charge is -2.30. The Kier molecular flexibility index (Phi) is 4.85. The first kappa shape index (κ1) is 17.9. The van der Waals surface area contributed by atoms with Gasteiger partial charge in [0.25, 0.3) is 0 Å². The zero-order chi connectivity index (χ0) is 18.1. The smallest absolute Gasteiger partial charge is 0.193 e. The van der Waals surface area contributed by atoms with Gasteiger partial charge in [-0.05, 0) is 29.5 Å². The Morgan fingerprint density at radius 1 is 1.24 bits per heavy atom. The molecule has 0 saturated carbocycles. The Balaban J connectivity index is 1.67. The van der Waals surface area contributed by atoms with E-state index >= 15 is 0 Å². The van der Waals surface area contributed by atoms with Crippen molar-refractivity contribution in [2.75, 3.05) is 39.9 Å². The third-order valence-corrected chi connectivity index (χ3v) is 5.20. The number of fused-ring (bicyclic) bond motifs is 1. The van der Waals surface area contributed by atoms with Gasteiger partial charge in [-0.1, -0.05) is 33.8 Å². The summed E-state index contributed by atoms with van der Waals surface area (Å²) in [5, 5.41) is 3.57. The summed E-state index contributed by atoms with van der Waals surface area (Å²) >= 11 is 0. The predicted molar refractivity (Wildman–Crippen MR) is 102 cm³/mol. The molecule has 0 amide bonds. The molecule has 1 N–H and O–H groups in total. The maximum atomic E-state index is 5.73. The van der Waals surface area contributed by atoms with Gasteiger partial charge in [-0.2, -0.15) is 0 Å². The fourth-order valence-electron chi connectivity index (χ4n) is 3.49. The van der Waals surface area contributed by atoms with Crippen LogP contribution in [0.25, 0.3) is 0 Å². The van der Waals surface area contributed by atoms with Gasteiger partial charge in [0.2, 0.25) is 0 Å². The number of hydrogen-bond acceptors (Lipinski definition) is 3. The summed E-state index contributed by atoms with van der Waals surface area (Å²) in [6, 6.07) is 6.26. The molecule has 0 aromatic heterocycles. The highest BCUT2D eigenvalue weighted by Gasteiger charge is 2.32. The normalized spacial score (nSPS) is 19.9. The Morgan fingerprint density at radius 3 is 2.60 bits per heavy atom. The first-order chi connectivity index (χ1) is 11.8. The molecular weight excluding hydrogens is 314 g/mol. The van der Waals surface area contributed by atoms with Gasteiger partial charge in [-0.3, -0.25) is 4.99 Å². The van der Waals surface area contributed by atoms with Gasteiger partial charge in [0.15, 0.2) is 17.5 Å². The van der Waals surface area contributed by atoms with E-state index in [1.165, 1.54) is 12.0 Å². The van der Waals surface area contributed by atoms with Crippen molar-refractivity contribution in [1.82, 2.24) is 10.2 Å². The topological polar surface area (TPSA) is 46.1 Å². The van der Waals surface area contributed by atoms with Crippen molar-refractivity contribution in [2.24, 2.45) is 10.4 Å². The molecule has 0 atom stereocenters. The van der Waals surface area contributed by atoms with E-state index in [0.29, 0.717) is 18.6 Å². The van der Waals surface area contributed by atoms with E-state index in [-0.39, 0.29) is 5.41 Å². The van der Waals surface area contributed by atoms with E-state index in [1.54, 1.807) is 0 Å². The average molecular weight is 345 g/mol. The van der Waals surface area contributed by atoms with Gasteiger partial charge in [-0.15, -0.1) is 0 Å². The van der Waals surface area contributed by atoms with Crippen molar-refractivity contribution < 1.29 is 9.47 Å². The molecule has 0 unspecified atom stereocenters. The number of guanidine groups is 1. The summed E-state index contributed by atoms with van der Waals surface area (Å²) in [6.45, 7) is 13.3. The Hall–Kier alpha value is -1.91. The molecule has 2 aliphatic rings. The highest BCUT2D eigenvalue weighted by atomic mass is 16.6. The molecule has 1 saturated heterocycles. The van der Waals surface area contributed by atoms with Gasteiger partial charge in [0.1, 0.15) is 13.2 Å². The monoisotopic (exact) mass is 345 g/mol. The molecule has 5 heteroatoms. The first-order valence-electron chi connectivity index (χ1n) is 9.16.